The fourth-order valence-corrected chi connectivity index (χ4v) is 2.64. The maximum Gasteiger partial charge on any atom is 0.417 e. The van der Waals surface area contributed by atoms with Crippen LogP contribution in [0.5, 0.6) is 0 Å². The zero-order chi connectivity index (χ0) is 18.7. The third kappa shape index (κ3) is 3.72. The second kappa shape index (κ2) is 7.35. The molecule has 0 radical (unpaired) electrons. The summed E-state index contributed by atoms with van der Waals surface area (Å²) in [5.41, 5.74) is 1.30. The molecule has 26 heavy (non-hydrogen) atoms. The number of amides is 3. The molecule has 1 aliphatic heterocycles. The maximum atomic E-state index is 13.7. The van der Waals surface area contributed by atoms with E-state index in [1.54, 1.807) is 31.2 Å². The molecule has 3 rings (SSSR count). The summed E-state index contributed by atoms with van der Waals surface area (Å²) in [6.45, 7) is 1.23. The molecular formula is C19H17FN2O4. The fraction of sp³-hybridized carbons (Fsp3) is 0.211. The Morgan fingerprint density at radius 2 is 1.96 bits per heavy atom. The molecule has 1 atom stereocenters. The summed E-state index contributed by atoms with van der Waals surface area (Å²) in [5, 5.41) is 2.76. The van der Waals surface area contributed by atoms with Crippen LogP contribution in [0.1, 0.15) is 27.5 Å². The van der Waals surface area contributed by atoms with Gasteiger partial charge in [0.25, 0.3) is 11.8 Å². The summed E-state index contributed by atoms with van der Waals surface area (Å²) < 4.78 is 18.4. The van der Waals surface area contributed by atoms with Crippen molar-refractivity contribution >= 4 is 17.9 Å². The van der Waals surface area contributed by atoms with Gasteiger partial charge in [-0.05, 0) is 30.2 Å². The third-order valence-corrected chi connectivity index (χ3v) is 4.15. The molecule has 1 fully saturated rings. The van der Waals surface area contributed by atoms with E-state index in [0.717, 1.165) is 11.0 Å². The molecule has 0 spiro atoms. The summed E-state index contributed by atoms with van der Waals surface area (Å²) in [6, 6.07) is 12.5. The second-order valence-corrected chi connectivity index (χ2v) is 5.96. The number of aryl methyl sites for hydroxylation is 1. The van der Waals surface area contributed by atoms with E-state index in [9.17, 15) is 18.8 Å². The molecule has 1 saturated heterocycles. The van der Waals surface area contributed by atoms with Crippen molar-refractivity contribution < 1.29 is 23.5 Å². The summed E-state index contributed by atoms with van der Waals surface area (Å²) in [7, 11) is 0. The van der Waals surface area contributed by atoms with Gasteiger partial charge >= 0.3 is 6.09 Å². The lowest BCUT2D eigenvalue weighted by Gasteiger charge is -2.23. The third-order valence-electron chi connectivity index (χ3n) is 4.15. The Labute approximate surface area is 149 Å². The van der Waals surface area contributed by atoms with Crippen LogP contribution in [0, 0.1) is 12.7 Å². The highest BCUT2D eigenvalue weighted by atomic mass is 19.1. The lowest BCUT2D eigenvalue weighted by Crippen LogP contribution is -2.40. The van der Waals surface area contributed by atoms with Crippen LogP contribution in [-0.2, 0) is 9.53 Å². The van der Waals surface area contributed by atoms with E-state index < -0.39 is 29.8 Å². The fourth-order valence-electron chi connectivity index (χ4n) is 2.64. The molecule has 134 valence electrons. The number of ether oxygens (including phenoxy) is 1. The molecule has 1 N–H and O–H groups in total. The average molecular weight is 356 g/mol. The van der Waals surface area contributed by atoms with Gasteiger partial charge in [0.1, 0.15) is 5.82 Å². The van der Waals surface area contributed by atoms with Crippen molar-refractivity contribution in [3.63, 3.8) is 0 Å². The van der Waals surface area contributed by atoms with Gasteiger partial charge in [-0.3, -0.25) is 9.59 Å². The van der Waals surface area contributed by atoms with Crippen LogP contribution in [0.4, 0.5) is 9.18 Å². The van der Waals surface area contributed by atoms with Crippen molar-refractivity contribution in [2.75, 3.05) is 13.2 Å². The van der Waals surface area contributed by atoms with E-state index in [2.05, 4.69) is 5.32 Å². The number of hydrogen-bond donors (Lipinski definition) is 1. The molecule has 3 amide bonds. The molecule has 1 heterocycles. The number of halogens is 1. The maximum absolute atomic E-state index is 13.7. The van der Waals surface area contributed by atoms with Gasteiger partial charge in [-0.2, -0.15) is 0 Å². The van der Waals surface area contributed by atoms with Crippen LogP contribution in [0.2, 0.25) is 0 Å². The average Bonchev–Trinajstić information content (AvgIpc) is 2.96. The summed E-state index contributed by atoms with van der Waals surface area (Å²) in [6.07, 6.45) is -0.744. The molecule has 7 heteroatoms. The van der Waals surface area contributed by atoms with Crippen molar-refractivity contribution in [3.05, 3.63) is 71.0 Å². The van der Waals surface area contributed by atoms with Crippen molar-refractivity contribution in [3.8, 4) is 0 Å². The summed E-state index contributed by atoms with van der Waals surface area (Å²) in [5.74, 6) is -1.45. The number of cyclic esters (lactones) is 1. The second-order valence-electron chi connectivity index (χ2n) is 5.96. The Balaban J connectivity index is 1.83. The number of nitrogens with zero attached hydrogens (tertiary/aromatic N) is 1. The van der Waals surface area contributed by atoms with Gasteiger partial charge in [0, 0.05) is 5.56 Å². The first-order chi connectivity index (χ1) is 12.5. The number of carbonyl (C=O) groups is 3. The van der Waals surface area contributed by atoms with Gasteiger partial charge in [-0.15, -0.1) is 0 Å². The van der Waals surface area contributed by atoms with Gasteiger partial charge < -0.3 is 10.1 Å². The lowest BCUT2D eigenvalue weighted by atomic mass is 10.1. The Morgan fingerprint density at radius 3 is 2.58 bits per heavy atom. The smallest absolute Gasteiger partial charge is 0.417 e. The Bertz CT molecular complexity index is 838. The van der Waals surface area contributed by atoms with E-state index >= 15 is 0 Å². The summed E-state index contributed by atoms with van der Waals surface area (Å²) in [4.78, 5) is 37.0. The molecule has 6 nitrogen and oxygen atoms in total. The molecule has 0 aromatic heterocycles. The molecule has 1 unspecified atom stereocenters. The standard InChI is InChI=1S/C19H17FN2O4/c1-12-7-8-14(9-15(12)20)18(24)21-16(13-5-3-2-4-6-13)10-22-17(23)11-26-19(22)25/h2-9,16H,10-11H2,1H3,(H,21,24). The SMILES string of the molecule is Cc1ccc(C(=O)NC(CN2C(=O)COC2=O)c2ccccc2)cc1F. The van der Waals surface area contributed by atoms with E-state index in [4.69, 9.17) is 4.74 Å². The monoisotopic (exact) mass is 356 g/mol. The highest BCUT2D eigenvalue weighted by Gasteiger charge is 2.33. The molecule has 0 aliphatic carbocycles. The minimum absolute atomic E-state index is 0.0677. The number of rotatable bonds is 5. The topological polar surface area (TPSA) is 75.7 Å². The Morgan fingerprint density at radius 1 is 1.23 bits per heavy atom. The summed E-state index contributed by atoms with van der Waals surface area (Å²) >= 11 is 0. The first-order valence-corrected chi connectivity index (χ1v) is 8.05. The normalized spacial score (nSPS) is 14.9. The van der Waals surface area contributed by atoms with Crippen molar-refractivity contribution in [2.24, 2.45) is 0 Å². The van der Waals surface area contributed by atoms with Gasteiger partial charge in [-0.1, -0.05) is 36.4 Å². The highest BCUT2D eigenvalue weighted by Crippen LogP contribution is 2.18. The number of carbonyl (C=O) groups excluding carboxylic acids is 3. The van der Waals surface area contributed by atoms with E-state index in [-0.39, 0.29) is 18.7 Å². The minimum Gasteiger partial charge on any atom is -0.439 e. The zero-order valence-electron chi connectivity index (χ0n) is 14.1. The Hall–Kier alpha value is -3.22. The predicted molar refractivity (Wildman–Crippen MR) is 90.8 cm³/mol. The van der Waals surface area contributed by atoms with Crippen molar-refractivity contribution in [2.45, 2.75) is 13.0 Å². The number of benzene rings is 2. The molecule has 2 aromatic carbocycles. The zero-order valence-corrected chi connectivity index (χ0v) is 14.1. The van der Waals surface area contributed by atoms with Gasteiger partial charge in [0.15, 0.2) is 6.61 Å². The first-order valence-electron chi connectivity index (χ1n) is 8.05. The largest absolute Gasteiger partial charge is 0.439 e. The Kier molecular flexibility index (Phi) is 4.97. The molecule has 0 saturated carbocycles. The van der Waals surface area contributed by atoms with Crippen LogP contribution in [0.3, 0.4) is 0 Å². The van der Waals surface area contributed by atoms with E-state index in [1.165, 1.54) is 12.1 Å². The van der Waals surface area contributed by atoms with E-state index in [1.807, 2.05) is 6.07 Å². The van der Waals surface area contributed by atoms with Crippen LogP contribution in [0.15, 0.2) is 48.5 Å². The minimum atomic E-state index is -0.744. The van der Waals surface area contributed by atoms with Crippen LogP contribution >= 0.6 is 0 Å². The number of nitrogens with one attached hydrogen (secondary N) is 1. The van der Waals surface area contributed by atoms with Crippen molar-refractivity contribution in [1.29, 1.82) is 0 Å². The molecule has 2 aromatic rings. The van der Waals surface area contributed by atoms with Gasteiger partial charge in [-0.25, -0.2) is 14.1 Å². The van der Waals surface area contributed by atoms with Crippen LogP contribution in [0.25, 0.3) is 0 Å². The van der Waals surface area contributed by atoms with Crippen molar-refractivity contribution in [1.82, 2.24) is 10.2 Å². The highest BCUT2D eigenvalue weighted by molar-refractivity contribution is 5.98. The van der Waals surface area contributed by atoms with Gasteiger partial charge in [0.05, 0.1) is 12.6 Å². The number of imide groups is 1. The van der Waals surface area contributed by atoms with E-state index in [0.29, 0.717) is 11.1 Å². The molecule has 0 bridgehead atoms. The van der Waals surface area contributed by atoms with Crippen LogP contribution < -0.4 is 5.32 Å². The quantitative estimate of drug-likeness (QED) is 0.893. The molecular weight excluding hydrogens is 339 g/mol. The molecule has 1 aliphatic rings. The predicted octanol–water partition coefficient (Wildman–Crippen LogP) is 2.58. The van der Waals surface area contributed by atoms with Crippen LogP contribution in [-0.4, -0.2) is 36.0 Å². The first kappa shape index (κ1) is 17.6. The number of hydrogen-bond acceptors (Lipinski definition) is 4. The van der Waals surface area contributed by atoms with Gasteiger partial charge in [0.2, 0.25) is 0 Å². The lowest BCUT2D eigenvalue weighted by molar-refractivity contribution is -0.126.